The molecule has 1 N–H and O–H groups in total. The van der Waals surface area contributed by atoms with Crippen molar-refractivity contribution >= 4 is 17.0 Å². The Bertz CT molecular complexity index is 557. The Morgan fingerprint density at radius 3 is 2.95 bits per heavy atom. The van der Waals surface area contributed by atoms with E-state index in [0.29, 0.717) is 5.92 Å². The van der Waals surface area contributed by atoms with Crippen molar-refractivity contribution < 1.29 is 8.81 Å². The predicted molar refractivity (Wildman–Crippen MR) is 77.5 cm³/mol. The number of halogens is 1. The maximum atomic E-state index is 13.0. The Balaban J connectivity index is 1.87. The lowest BCUT2D eigenvalue weighted by atomic mass is 10.2. The minimum Gasteiger partial charge on any atom is -0.457 e. The first-order chi connectivity index (χ1) is 9.15. The molecule has 0 spiro atoms. The van der Waals surface area contributed by atoms with Crippen molar-refractivity contribution in [2.75, 3.05) is 13.1 Å². The van der Waals surface area contributed by atoms with Gasteiger partial charge < -0.3 is 9.73 Å². The molecule has 0 saturated carbocycles. The fourth-order valence-corrected chi connectivity index (χ4v) is 1.89. The first kappa shape index (κ1) is 13.8. The molecule has 1 heterocycles. The molecule has 2 aromatic rings. The molecule has 0 fully saturated rings. The molecule has 1 aromatic heterocycles. The average Bonchev–Trinajstić information content (AvgIpc) is 2.75. The molecule has 19 heavy (non-hydrogen) atoms. The van der Waals surface area contributed by atoms with E-state index in [0.717, 1.165) is 36.2 Å². The summed E-state index contributed by atoms with van der Waals surface area (Å²) in [6.45, 7) is 6.38. The van der Waals surface area contributed by atoms with Crippen molar-refractivity contribution in [1.82, 2.24) is 5.32 Å². The number of furan rings is 1. The highest BCUT2D eigenvalue weighted by molar-refractivity contribution is 5.79. The van der Waals surface area contributed by atoms with E-state index in [2.05, 4.69) is 25.2 Å². The lowest BCUT2D eigenvalue weighted by molar-refractivity contribution is 0.556. The Morgan fingerprint density at radius 1 is 1.32 bits per heavy atom. The van der Waals surface area contributed by atoms with E-state index in [-0.39, 0.29) is 5.82 Å². The highest BCUT2D eigenvalue weighted by Gasteiger charge is 2.01. The van der Waals surface area contributed by atoms with Crippen molar-refractivity contribution in [3.05, 3.63) is 41.9 Å². The van der Waals surface area contributed by atoms with Gasteiger partial charge in [0.05, 0.1) is 0 Å². The first-order valence-electron chi connectivity index (χ1n) is 6.71. The van der Waals surface area contributed by atoms with Crippen LogP contribution in [0.2, 0.25) is 0 Å². The molecule has 2 rings (SSSR count). The first-order valence-corrected chi connectivity index (χ1v) is 6.71. The van der Waals surface area contributed by atoms with Gasteiger partial charge in [-0.25, -0.2) is 4.39 Å². The minimum absolute atomic E-state index is 0.235. The summed E-state index contributed by atoms with van der Waals surface area (Å²) >= 11 is 0. The molecule has 0 aliphatic carbocycles. The molecule has 0 saturated heterocycles. The lowest BCUT2D eigenvalue weighted by Crippen LogP contribution is -2.20. The fourth-order valence-electron chi connectivity index (χ4n) is 1.89. The van der Waals surface area contributed by atoms with Gasteiger partial charge >= 0.3 is 0 Å². The van der Waals surface area contributed by atoms with E-state index in [9.17, 15) is 4.39 Å². The quantitative estimate of drug-likeness (QED) is 0.787. The van der Waals surface area contributed by atoms with E-state index in [1.54, 1.807) is 6.07 Å². The van der Waals surface area contributed by atoms with Gasteiger partial charge in [0.1, 0.15) is 17.2 Å². The summed E-state index contributed by atoms with van der Waals surface area (Å²) in [6, 6.07) is 6.41. The van der Waals surface area contributed by atoms with Crippen LogP contribution in [0.25, 0.3) is 17.0 Å². The lowest BCUT2D eigenvalue weighted by Gasteiger charge is -2.04. The van der Waals surface area contributed by atoms with Gasteiger partial charge in [0, 0.05) is 5.39 Å². The number of hydrogen-bond acceptors (Lipinski definition) is 2. The van der Waals surface area contributed by atoms with Crippen molar-refractivity contribution in [3.63, 3.8) is 0 Å². The van der Waals surface area contributed by atoms with Gasteiger partial charge in [-0.15, -0.1) is 0 Å². The smallest absolute Gasteiger partial charge is 0.134 e. The van der Waals surface area contributed by atoms with E-state index < -0.39 is 0 Å². The maximum absolute atomic E-state index is 13.0. The molecule has 1 aromatic carbocycles. The SMILES string of the molecule is CC(C)CNCC/C=C/c1cc2cc(F)ccc2o1. The zero-order valence-corrected chi connectivity index (χ0v) is 11.4. The second-order valence-electron chi connectivity index (χ2n) is 5.12. The molecule has 3 heteroatoms. The zero-order valence-electron chi connectivity index (χ0n) is 11.4. The second kappa shape index (κ2) is 6.53. The van der Waals surface area contributed by atoms with Gasteiger partial charge in [-0.1, -0.05) is 19.9 Å². The number of fused-ring (bicyclic) bond motifs is 1. The van der Waals surface area contributed by atoms with Crippen LogP contribution in [0.1, 0.15) is 26.0 Å². The molecule has 0 aliphatic heterocycles. The highest BCUT2D eigenvalue weighted by atomic mass is 19.1. The molecule has 0 aliphatic rings. The van der Waals surface area contributed by atoms with Crippen LogP contribution in [0, 0.1) is 11.7 Å². The monoisotopic (exact) mass is 261 g/mol. The zero-order chi connectivity index (χ0) is 13.7. The maximum Gasteiger partial charge on any atom is 0.134 e. The summed E-state index contributed by atoms with van der Waals surface area (Å²) in [5, 5.41) is 4.18. The Kier molecular flexibility index (Phi) is 4.74. The molecule has 0 bridgehead atoms. The Morgan fingerprint density at radius 2 is 2.16 bits per heavy atom. The van der Waals surface area contributed by atoms with Crippen LogP contribution in [-0.4, -0.2) is 13.1 Å². The predicted octanol–water partition coefficient (Wildman–Crippen LogP) is 4.22. The molecule has 0 unspecified atom stereocenters. The van der Waals surface area contributed by atoms with Crippen LogP contribution >= 0.6 is 0 Å². The third-order valence-corrected chi connectivity index (χ3v) is 2.82. The van der Waals surface area contributed by atoms with Gasteiger partial charge in [0.15, 0.2) is 0 Å². The normalized spacial score (nSPS) is 12.0. The van der Waals surface area contributed by atoms with Crippen LogP contribution in [0.4, 0.5) is 4.39 Å². The van der Waals surface area contributed by atoms with Gasteiger partial charge in [0.2, 0.25) is 0 Å². The number of benzene rings is 1. The molecule has 0 atom stereocenters. The second-order valence-corrected chi connectivity index (χ2v) is 5.12. The molecule has 0 amide bonds. The highest BCUT2D eigenvalue weighted by Crippen LogP contribution is 2.21. The van der Waals surface area contributed by atoms with E-state index in [1.165, 1.54) is 12.1 Å². The minimum atomic E-state index is -0.235. The molecule has 0 radical (unpaired) electrons. The van der Waals surface area contributed by atoms with Crippen molar-refractivity contribution in [2.24, 2.45) is 5.92 Å². The molecule has 2 nitrogen and oxygen atoms in total. The van der Waals surface area contributed by atoms with E-state index in [1.807, 2.05) is 12.1 Å². The van der Waals surface area contributed by atoms with Crippen molar-refractivity contribution in [2.45, 2.75) is 20.3 Å². The van der Waals surface area contributed by atoms with Gasteiger partial charge in [0.25, 0.3) is 0 Å². The largest absolute Gasteiger partial charge is 0.457 e. The number of hydrogen-bond donors (Lipinski definition) is 1. The van der Waals surface area contributed by atoms with Crippen molar-refractivity contribution in [3.8, 4) is 0 Å². The topological polar surface area (TPSA) is 25.2 Å². The van der Waals surface area contributed by atoms with E-state index >= 15 is 0 Å². The van der Waals surface area contributed by atoms with Gasteiger partial charge in [-0.3, -0.25) is 0 Å². The average molecular weight is 261 g/mol. The molecular formula is C16H20FNO. The summed E-state index contributed by atoms with van der Waals surface area (Å²) < 4.78 is 18.6. The van der Waals surface area contributed by atoms with Crippen LogP contribution in [0.15, 0.2) is 34.8 Å². The summed E-state index contributed by atoms with van der Waals surface area (Å²) in [4.78, 5) is 0. The third-order valence-electron chi connectivity index (χ3n) is 2.82. The van der Waals surface area contributed by atoms with Crippen LogP contribution in [0.3, 0.4) is 0 Å². The summed E-state index contributed by atoms with van der Waals surface area (Å²) in [5.41, 5.74) is 0.721. The van der Waals surface area contributed by atoms with Gasteiger partial charge in [-0.05, 0) is 55.8 Å². The van der Waals surface area contributed by atoms with Gasteiger partial charge in [-0.2, -0.15) is 0 Å². The van der Waals surface area contributed by atoms with Crippen LogP contribution in [-0.2, 0) is 0 Å². The fraction of sp³-hybridized carbons (Fsp3) is 0.375. The summed E-state index contributed by atoms with van der Waals surface area (Å²) in [7, 11) is 0. The third kappa shape index (κ3) is 4.21. The molecule has 102 valence electrons. The standard InChI is InChI=1S/C16H20FNO/c1-12(2)11-18-8-4-3-5-15-10-13-9-14(17)6-7-16(13)19-15/h3,5-7,9-10,12,18H,4,8,11H2,1-2H3/b5-3+. The summed E-state index contributed by atoms with van der Waals surface area (Å²) in [5.74, 6) is 1.21. The molecular weight excluding hydrogens is 241 g/mol. The Hall–Kier alpha value is -1.61. The van der Waals surface area contributed by atoms with Crippen molar-refractivity contribution in [1.29, 1.82) is 0 Å². The van der Waals surface area contributed by atoms with E-state index in [4.69, 9.17) is 4.42 Å². The Labute approximate surface area is 113 Å². The van der Waals surface area contributed by atoms with Crippen LogP contribution in [0.5, 0.6) is 0 Å². The summed E-state index contributed by atoms with van der Waals surface area (Å²) in [6.07, 6.45) is 4.97. The number of nitrogens with one attached hydrogen (secondary N) is 1. The van der Waals surface area contributed by atoms with Crippen LogP contribution < -0.4 is 5.32 Å². The number of rotatable bonds is 6.